The summed E-state index contributed by atoms with van der Waals surface area (Å²) < 4.78 is 44.9. The molecule has 6 heteroatoms. The van der Waals surface area contributed by atoms with Crippen LogP contribution in [0, 0.1) is 17.5 Å². The second-order valence-corrected chi connectivity index (χ2v) is 5.93. The summed E-state index contributed by atoms with van der Waals surface area (Å²) in [7, 11) is 0. The summed E-state index contributed by atoms with van der Waals surface area (Å²) in [5, 5.41) is 2.57. The molecule has 0 saturated heterocycles. The second-order valence-electron chi connectivity index (χ2n) is 5.93. The van der Waals surface area contributed by atoms with Gasteiger partial charge >= 0.3 is 6.09 Å². The Bertz CT molecular complexity index is 553. The number of hydrogen-bond donors (Lipinski definition) is 1. The Hall–Kier alpha value is -1.98. The molecule has 0 spiro atoms. The maximum atomic E-state index is 13.7. The molecule has 1 amide bonds. The Morgan fingerprint density at radius 1 is 1.27 bits per heavy atom. The monoisotopic (exact) mass is 315 g/mol. The van der Waals surface area contributed by atoms with Crippen LogP contribution in [0.25, 0.3) is 0 Å². The summed E-state index contributed by atoms with van der Waals surface area (Å²) in [5.41, 5.74) is -0.697. The van der Waals surface area contributed by atoms with Gasteiger partial charge in [0.1, 0.15) is 11.4 Å². The van der Waals surface area contributed by atoms with E-state index in [4.69, 9.17) is 4.74 Å². The maximum Gasteiger partial charge on any atom is 0.407 e. The van der Waals surface area contributed by atoms with Gasteiger partial charge in [0.2, 0.25) is 0 Å². The molecule has 0 bridgehead atoms. The largest absolute Gasteiger partial charge is 0.444 e. The smallest absolute Gasteiger partial charge is 0.407 e. The molecule has 0 aliphatic heterocycles. The molecule has 122 valence electrons. The number of alkyl carbamates (subject to hydrolysis) is 1. The topological polar surface area (TPSA) is 38.3 Å². The van der Waals surface area contributed by atoms with Crippen LogP contribution in [0.5, 0.6) is 0 Å². The summed E-state index contributed by atoms with van der Waals surface area (Å²) >= 11 is 0. The highest BCUT2D eigenvalue weighted by molar-refractivity contribution is 5.68. The molecule has 0 unspecified atom stereocenters. The van der Waals surface area contributed by atoms with Gasteiger partial charge in [0.15, 0.2) is 11.6 Å². The molecule has 1 aromatic rings. The van der Waals surface area contributed by atoms with E-state index >= 15 is 0 Å². The number of amides is 1. The number of nitrogens with one attached hydrogen (secondary N) is 1. The molecule has 0 aliphatic rings. The first kappa shape index (κ1) is 18.1. The van der Waals surface area contributed by atoms with E-state index in [9.17, 15) is 18.0 Å². The van der Waals surface area contributed by atoms with Crippen LogP contribution < -0.4 is 5.32 Å². The van der Waals surface area contributed by atoms with Crippen LogP contribution in [0.15, 0.2) is 24.8 Å². The third-order valence-electron chi connectivity index (χ3n) is 2.73. The number of rotatable bonds is 5. The third kappa shape index (κ3) is 5.79. The van der Waals surface area contributed by atoms with E-state index in [1.54, 1.807) is 26.8 Å². The maximum absolute atomic E-state index is 13.7. The zero-order valence-corrected chi connectivity index (χ0v) is 12.9. The van der Waals surface area contributed by atoms with Gasteiger partial charge in [0, 0.05) is 12.1 Å². The van der Waals surface area contributed by atoms with E-state index in [0.29, 0.717) is 12.5 Å². The minimum absolute atomic E-state index is 0.00566. The van der Waals surface area contributed by atoms with Gasteiger partial charge in [-0.3, -0.25) is 0 Å². The lowest BCUT2D eigenvalue weighted by atomic mass is 10.0. The van der Waals surface area contributed by atoms with Crippen LogP contribution in [0.2, 0.25) is 0 Å². The molecule has 22 heavy (non-hydrogen) atoms. The third-order valence-corrected chi connectivity index (χ3v) is 2.73. The zero-order valence-electron chi connectivity index (χ0n) is 12.9. The van der Waals surface area contributed by atoms with Crippen molar-refractivity contribution in [3.63, 3.8) is 0 Å². The SMILES string of the molecule is C=CC[C@@H](Cc1cc(F)c(F)cc1F)NC(=O)OC(C)(C)C. The standard InChI is InChI=1S/C16H20F3NO2/c1-5-6-11(20-15(21)22-16(2,3)4)7-10-8-13(18)14(19)9-12(10)17/h5,8-9,11H,1,6-7H2,2-4H3,(H,20,21)/t11-/m0/s1. The molecule has 3 nitrogen and oxygen atoms in total. The normalized spacial score (nSPS) is 12.6. The summed E-state index contributed by atoms with van der Waals surface area (Å²) in [6.07, 6.45) is 1.20. The van der Waals surface area contributed by atoms with Crippen molar-refractivity contribution in [2.24, 2.45) is 0 Å². The lowest BCUT2D eigenvalue weighted by molar-refractivity contribution is 0.0504. The van der Waals surface area contributed by atoms with Crippen LogP contribution >= 0.6 is 0 Å². The van der Waals surface area contributed by atoms with Gasteiger partial charge in [-0.05, 0) is 45.2 Å². The van der Waals surface area contributed by atoms with Crippen molar-refractivity contribution in [1.29, 1.82) is 0 Å². The van der Waals surface area contributed by atoms with E-state index in [1.165, 1.54) is 0 Å². The molecular formula is C16H20F3NO2. The summed E-state index contributed by atoms with van der Waals surface area (Å²) in [4.78, 5) is 11.7. The van der Waals surface area contributed by atoms with Crippen LogP contribution in [0.4, 0.5) is 18.0 Å². The number of ether oxygens (including phenoxy) is 1. The predicted molar refractivity (Wildman–Crippen MR) is 78.0 cm³/mol. The van der Waals surface area contributed by atoms with E-state index in [2.05, 4.69) is 11.9 Å². The number of hydrogen-bond acceptors (Lipinski definition) is 2. The second kappa shape index (κ2) is 7.33. The minimum atomic E-state index is -1.25. The summed E-state index contributed by atoms with van der Waals surface area (Å²) in [5.74, 6) is -3.24. The van der Waals surface area contributed by atoms with E-state index < -0.39 is 35.2 Å². The lowest BCUT2D eigenvalue weighted by Gasteiger charge is -2.23. The fourth-order valence-electron chi connectivity index (χ4n) is 1.85. The molecule has 0 saturated carbocycles. The average Bonchev–Trinajstić information content (AvgIpc) is 2.33. The van der Waals surface area contributed by atoms with Crippen molar-refractivity contribution in [3.05, 3.63) is 47.8 Å². The number of benzene rings is 1. The first-order valence-corrected chi connectivity index (χ1v) is 6.86. The van der Waals surface area contributed by atoms with E-state index in [1.807, 2.05) is 0 Å². The van der Waals surface area contributed by atoms with Gasteiger partial charge in [-0.15, -0.1) is 6.58 Å². The van der Waals surface area contributed by atoms with Crippen molar-refractivity contribution in [3.8, 4) is 0 Å². The molecule has 1 aromatic carbocycles. The molecule has 0 fully saturated rings. The Balaban J connectivity index is 2.82. The van der Waals surface area contributed by atoms with Gasteiger partial charge in [0.25, 0.3) is 0 Å². The Morgan fingerprint density at radius 2 is 1.86 bits per heavy atom. The number of halogens is 3. The average molecular weight is 315 g/mol. The fraction of sp³-hybridized carbons (Fsp3) is 0.438. The van der Waals surface area contributed by atoms with Crippen LogP contribution in [0.1, 0.15) is 32.8 Å². The first-order chi connectivity index (χ1) is 10.1. The number of carbonyl (C=O) groups excluding carboxylic acids is 1. The van der Waals surface area contributed by atoms with Crippen molar-refractivity contribution < 1.29 is 22.7 Å². The predicted octanol–water partition coefficient (Wildman–Crippen LogP) is 4.12. The van der Waals surface area contributed by atoms with Crippen LogP contribution in [-0.4, -0.2) is 17.7 Å². The Labute approximate surface area is 128 Å². The quantitative estimate of drug-likeness (QED) is 0.656. The Morgan fingerprint density at radius 3 is 2.41 bits per heavy atom. The lowest BCUT2D eigenvalue weighted by Crippen LogP contribution is -2.40. The van der Waals surface area contributed by atoms with Gasteiger partial charge in [-0.1, -0.05) is 6.08 Å². The van der Waals surface area contributed by atoms with Gasteiger partial charge in [-0.25, -0.2) is 18.0 Å². The van der Waals surface area contributed by atoms with Crippen LogP contribution in [0.3, 0.4) is 0 Å². The van der Waals surface area contributed by atoms with Gasteiger partial charge in [-0.2, -0.15) is 0 Å². The fourth-order valence-corrected chi connectivity index (χ4v) is 1.85. The van der Waals surface area contributed by atoms with E-state index in [0.717, 1.165) is 6.07 Å². The molecule has 0 heterocycles. The molecule has 0 aromatic heterocycles. The Kier molecular flexibility index (Phi) is 6.02. The van der Waals surface area contributed by atoms with Crippen LogP contribution in [-0.2, 0) is 11.2 Å². The van der Waals surface area contributed by atoms with Crippen molar-refractivity contribution in [1.82, 2.24) is 5.32 Å². The van der Waals surface area contributed by atoms with E-state index in [-0.39, 0.29) is 12.0 Å². The molecule has 0 radical (unpaired) electrons. The zero-order chi connectivity index (χ0) is 16.9. The molecule has 1 atom stereocenters. The minimum Gasteiger partial charge on any atom is -0.444 e. The summed E-state index contributed by atoms with van der Waals surface area (Å²) in [6.45, 7) is 8.70. The summed E-state index contributed by atoms with van der Waals surface area (Å²) in [6, 6.07) is 0.743. The molecule has 1 N–H and O–H groups in total. The highest BCUT2D eigenvalue weighted by Gasteiger charge is 2.20. The number of carbonyl (C=O) groups is 1. The first-order valence-electron chi connectivity index (χ1n) is 6.86. The van der Waals surface area contributed by atoms with Gasteiger partial charge in [0.05, 0.1) is 0 Å². The molecule has 1 rings (SSSR count). The van der Waals surface area contributed by atoms with Gasteiger partial charge < -0.3 is 10.1 Å². The molecular weight excluding hydrogens is 295 g/mol. The molecule has 0 aliphatic carbocycles. The van der Waals surface area contributed by atoms with Crippen molar-refractivity contribution in [2.75, 3.05) is 0 Å². The van der Waals surface area contributed by atoms with Crippen molar-refractivity contribution in [2.45, 2.75) is 45.3 Å². The highest BCUT2D eigenvalue weighted by Crippen LogP contribution is 2.17. The van der Waals surface area contributed by atoms with Crippen molar-refractivity contribution >= 4 is 6.09 Å². The highest BCUT2D eigenvalue weighted by atomic mass is 19.2.